The van der Waals surface area contributed by atoms with E-state index in [1.807, 2.05) is 75.1 Å². The minimum Gasteiger partial charge on any atom is -0.396 e. The molecule has 2 rings (SSSR count). The van der Waals surface area contributed by atoms with Gasteiger partial charge in [-0.15, -0.1) is 0 Å². The topological polar surface area (TPSA) is 53.4 Å². The molecular formula is C22H30N2O2. The maximum absolute atomic E-state index is 13.6. The van der Waals surface area contributed by atoms with Crippen LogP contribution in [0, 0.1) is 0 Å². The van der Waals surface area contributed by atoms with E-state index in [4.69, 9.17) is 0 Å². The summed E-state index contributed by atoms with van der Waals surface area (Å²) < 4.78 is 0. The second-order valence-electron chi connectivity index (χ2n) is 7.23. The maximum Gasteiger partial charge on any atom is 0.231 e. The van der Waals surface area contributed by atoms with Crippen molar-refractivity contribution in [2.24, 2.45) is 0 Å². The maximum atomic E-state index is 13.6. The number of pyridine rings is 1. The first-order valence-corrected chi connectivity index (χ1v) is 9.35. The fourth-order valence-electron chi connectivity index (χ4n) is 3.74. The zero-order valence-electron chi connectivity index (χ0n) is 16.2. The summed E-state index contributed by atoms with van der Waals surface area (Å²) in [5.41, 5.74) is 1.96. The van der Waals surface area contributed by atoms with Gasteiger partial charge < -0.3 is 10.0 Å². The number of nitrogens with zero attached hydrogens (tertiary/aromatic N) is 2. The van der Waals surface area contributed by atoms with Gasteiger partial charge in [0.2, 0.25) is 5.91 Å². The minimum absolute atomic E-state index is 0.0347. The van der Waals surface area contributed by atoms with Crippen molar-refractivity contribution in [2.75, 3.05) is 6.61 Å². The van der Waals surface area contributed by atoms with Crippen LogP contribution in [0.15, 0.2) is 54.9 Å². The molecule has 1 heterocycles. The average Bonchev–Trinajstić information content (AvgIpc) is 2.62. The summed E-state index contributed by atoms with van der Waals surface area (Å²) in [5, 5.41) is 9.69. The van der Waals surface area contributed by atoms with E-state index >= 15 is 0 Å². The molecule has 2 atom stereocenters. The third-order valence-electron chi connectivity index (χ3n) is 4.75. The van der Waals surface area contributed by atoms with Gasteiger partial charge >= 0.3 is 0 Å². The highest BCUT2D eigenvalue weighted by Gasteiger charge is 2.35. The lowest BCUT2D eigenvalue weighted by Gasteiger charge is -2.37. The van der Waals surface area contributed by atoms with Crippen LogP contribution in [0.3, 0.4) is 0 Å². The molecule has 0 saturated carbocycles. The average molecular weight is 354 g/mol. The SMILES string of the molecule is CC(C)N(C(=O)C(c1cccnc1)C(CCO)c1ccccc1)C(C)C. The number of aliphatic hydroxyl groups excluding tert-OH is 1. The Kier molecular flexibility index (Phi) is 7.34. The molecule has 1 N–H and O–H groups in total. The molecule has 4 nitrogen and oxygen atoms in total. The van der Waals surface area contributed by atoms with E-state index in [-0.39, 0.29) is 36.4 Å². The van der Waals surface area contributed by atoms with Gasteiger partial charge in [0.25, 0.3) is 0 Å². The molecule has 1 amide bonds. The molecule has 0 aliphatic heterocycles. The van der Waals surface area contributed by atoms with E-state index in [0.717, 1.165) is 11.1 Å². The Morgan fingerprint density at radius 1 is 1.00 bits per heavy atom. The monoisotopic (exact) mass is 354 g/mol. The molecule has 2 aromatic rings. The number of aromatic nitrogens is 1. The summed E-state index contributed by atoms with van der Waals surface area (Å²) in [6.07, 6.45) is 4.02. The van der Waals surface area contributed by atoms with E-state index in [1.54, 1.807) is 12.4 Å². The van der Waals surface area contributed by atoms with Gasteiger partial charge in [-0.2, -0.15) is 0 Å². The van der Waals surface area contributed by atoms with Crippen molar-refractivity contribution in [3.63, 3.8) is 0 Å². The Hall–Kier alpha value is -2.20. The largest absolute Gasteiger partial charge is 0.396 e. The van der Waals surface area contributed by atoms with Crippen molar-refractivity contribution in [3.8, 4) is 0 Å². The second-order valence-corrected chi connectivity index (χ2v) is 7.23. The Morgan fingerprint density at radius 2 is 1.62 bits per heavy atom. The number of carbonyl (C=O) groups excluding carboxylic acids is 1. The van der Waals surface area contributed by atoms with Crippen molar-refractivity contribution in [2.45, 2.75) is 58.0 Å². The van der Waals surface area contributed by atoms with Crippen molar-refractivity contribution >= 4 is 5.91 Å². The molecule has 0 aliphatic carbocycles. The summed E-state index contributed by atoms with van der Waals surface area (Å²) in [7, 11) is 0. The number of aliphatic hydroxyl groups is 1. The van der Waals surface area contributed by atoms with Crippen molar-refractivity contribution < 1.29 is 9.90 Å². The molecular weight excluding hydrogens is 324 g/mol. The number of hydrogen-bond acceptors (Lipinski definition) is 3. The molecule has 0 radical (unpaired) electrons. The highest BCUT2D eigenvalue weighted by Crippen LogP contribution is 2.37. The lowest BCUT2D eigenvalue weighted by Crippen LogP contribution is -2.45. The lowest BCUT2D eigenvalue weighted by atomic mass is 9.78. The number of benzene rings is 1. The standard InChI is InChI=1S/C22H30N2O2/c1-16(2)24(17(3)4)22(26)21(19-11-8-13-23-15-19)20(12-14-25)18-9-6-5-7-10-18/h5-11,13,15-17,20-21,25H,12,14H2,1-4H3. The number of amides is 1. The predicted molar refractivity (Wildman–Crippen MR) is 105 cm³/mol. The van der Waals surface area contributed by atoms with Gasteiger partial charge in [-0.25, -0.2) is 0 Å². The van der Waals surface area contributed by atoms with Gasteiger partial charge in [0, 0.05) is 37.0 Å². The van der Waals surface area contributed by atoms with Gasteiger partial charge in [-0.3, -0.25) is 9.78 Å². The Labute approximate surface area is 156 Å². The van der Waals surface area contributed by atoms with Gasteiger partial charge in [0.15, 0.2) is 0 Å². The first-order chi connectivity index (χ1) is 12.5. The Balaban J connectivity index is 2.54. The van der Waals surface area contributed by atoms with Crippen LogP contribution in [-0.2, 0) is 4.79 Å². The molecule has 4 heteroatoms. The molecule has 0 saturated heterocycles. The molecule has 1 aromatic heterocycles. The normalized spacial score (nSPS) is 13.7. The molecule has 2 unspecified atom stereocenters. The van der Waals surface area contributed by atoms with Crippen molar-refractivity contribution in [1.82, 2.24) is 9.88 Å². The molecule has 0 fully saturated rings. The third-order valence-corrected chi connectivity index (χ3v) is 4.75. The smallest absolute Gasteiger partial charge is 0.231 e. The first kappa shape index (κ1) is 20.1. The van der Waals surface area contributed by atoms with E-state index in [1.165, 1.54) is 0 Å². The Bertz CT molecular complexity index is 663. The van der Waals surface area contributed by atoms with Crippen LogP contribution in [0.1, 0.15) is 57.1 Å². The predicted octanol–water partition coefficient (Wildman–Crippen LogP) is 3.98. The second kappa shape index (κ2) is 9.48. The van der Waals surface area contributed by atoms with E-state index < -0.39 is 0 Å². The van der Waals surface area contributed by atoms with Crippen LogP contribution in [0.5, 0.6) is 0 Å². The van der Waals surface area contributed by atoms with E-state index in [2.05, 4.69) is 4.98 Å². The van der Waals surface area contributed by atoms with Crippen LogP contribution >= 0.6 is 0 Å². The summed E-state index contributed by atoms with van der Waals surface area (Å²) in [6, 6.07) is 14.0. The van der Waals surface area contributed by atoms with Gasteiger partial charge in [0.05, 0.1) is 5.92 Å². The summed E-state index contributed by atoms with van der Waals surface area (Å²) in [4.78, 5) is 19.8. The van der Waals surface area contributed by atoms with Gasteiger partial charge in [0.1, 0.15) is 0 Å². The van der Waals surface area contributed by atoms with Crippen LogP contribution in [0.4, 0.5) is 0 Å². The first-order valence-electron chi connectivity index (χ1n) is 9.35. The zero-order chi connectivity index (χ0) is 19.1. The third kappa shape index (κ3) is 4.70. The minimum atomic E-state index is -0.372. The molecule has 1 aromatic carbocycles. The number of rotatable bonds is 8. The summed E-state index contributed by atoms with van der Waals surface area (Å²) >= 11 is 0. The van der Waals surface area contributed by atoms with Gasteiger partial charge in [-0.05, 0) is 51.3 Å². The molecule has 0 bridgehead atoms. The summed E-state index contributed by atoms with van der Waals surface area (Å²) in [6.45, 7) is 8.21. The number of hydrogen-bond donors (Lipinski definition) is 1. The quantitative estimate of drug-likeness (QED) is 0.780. The van der Waals surface area contributed by atoms with Crippen LogP contribution < -0.4 is 0 Å². The Morgan fingerprint density at radius 3 is 2.12 bits per heavy atom. The zero-order valence-corrected chi connectivity index (χ0v) is 16.2. The van der Waals surface area contributed by atoms with Crippen molar-refractivity contribution in [1.29, 1.82) is 0 Å². The molecule has 26 heavy (non-hydrogen) atoms. The molecule has 0 spiro atoms. The van der Waals surface area contributed by atoms with E-state index in [9.17, 15) is 9.90 Å². The fourth-order valence-corrected chi connectivity index (χ4v) is 3.74. The van der Waals surface area contributed by atoms with Gasteiger partial charge in [-0.1, -0.05) is 36.4 Å². The highest BCUT2D eigenvalue weighted by molar-refractivity contribution is 5.85. The van der Waals surface area contributed by atoms with Crippen LogP contribution in [-0.4, -0.2) is 39.6 Å². The van der Waals surface area contributed by atoms with E-state index in [0.29, 0.717) is 6.42 Å². The molecule has 0 aliphatic rings. The van der Waals surface area contributed by atoms with Crippen LogP contribution in [0.2, 0.25) is 0 Å². The summed E-state index contributed by atoms with van der Waals surface area (Å²) in [5.74, 6) is -0.383. The van der Waals surface area contributed by atoms with Crippen molar-refractivity contribution in [3.05, 3.63) is 66.0 Å². The molecule has 140 valence electrons. The number of carbonyl (C=O) groups is 1. The lowest BCUT2D eigenvalue weighted by molar-refractivity contribution is -0.137. The highest BCUT2D eigenvalue weighted by atomic mass is 16.3. The fraction of sp³-hybridized carbons (Fsp3) is 0.455. The van der Waals surface area contributed by atoms with Crippen LogP contribution in [0.25, 0.3) is 0 Å².